The van der Waals surface area contributed by atoms with Crippen molar-refractivity contribution in [1.82, 2.24) is 10.6 Å². The van der Waals surface area contributed by atoms with E-state index in [0.717, 1.165) is 5.75 Å². The van der Waals surface area contributed by atoms with Crippen LogP contribution in [0.5, 0.6) is 0 Å². The van der Waals surface area contributed by atoms with Gasteiger partial charge >= 0.3 is 0 Å². The highest BCUT2D eigenvalue weighted by Crippen LogP contribution is 2.19. The van der Waals surface area contributed by atoms with Gasteiger partial charge in [0.15, 0.2) is 5.78 Å². The smallest absolute Gasteiger partial charge is 0.225 e. The summed E-state index contributed by atoms with van der Waals surface area (Å²) in [6, 6.07) is 16.6. The quantitative estimate of drug-likeness (QED) is 0.626. The van der Waals surface area contributed by atoms with Crippen LogP contribution < -0.4 is 16.0 Å². The summed E-state index contributed by atoms with van der Waals surface area (Å²) >= 11 is 1.58. The number of amides is 2. The van der Waals surface area contributed by atoms with Crippen molar-refractivity contribution in [1.29, 1.82) is 0 Å². The molecule has 2 atom stereocenters. The number of nitrogens with one attached hydrogen (secondary N) is 3. The summed E-state index contributed by atoms with van der Waals surface area (Å²) in [5.74, 6) is 0.440. The predicted octanol–water partition coefficient (Wildman–Crippen LogP) is 2.91. The maximum atomic E-state index is 12.4. The summed E-state index contributed by atoms with van der Waals surface area (Å²) in [4.78, 5) is 35.9. The van der Waals surface area contributed by atoms with Crippen LogP contribution in [0.2, 0.25) is 0 Å². The molecule has 2 unspecified atom stereocenters. The van der Waals surface area contributed by atoms with Gasteiger partial charge in [0.05, 0.1) is 0 Å². The number of thioether (sulfide) groups is 1. The Hall–Kier alpha value is -2.64. The Labute approximate surface area is 168 Å². The number of hydrogen-bond donors (Lipinski definition) is 3. The molecule has 0 saturated carbocycles. The van der Waals surface area contributed by atoms with E-state index < -0.39 is 0 Å². The summed E-state index contributed by atoms with van der Waals surface area (Å²) < 4.78 is 0. The van der Waals surface area contributed by atoms with Crippen LogP contribution in [0.4, 0.5) is 5.69 Å². The fourth-order valence-corrected chi connectivity index (χ4v) is 4.03. The van der Waals surface area contributed by atoms with E-state index in [1.54, 1.807) is 36.0 Å². The van der Waals surface area contributed by atoms with E-state index in [-0.39, 0.29) is 42.0 Å². The number of benzene rings is 2. The highest BCUT2D eigenvalue weighted by Gasteiger charge is 2.27. The molecule has 1 heterocycles. The Bertz CT molecular complexity index is 857. The fraction of sp³-hybridized carbons (Fsp3) is 0.286. The van der Waals surface area contributed by atoms with Crippen molar-refractivity contribution < 1.29 is 14.4 Å². The van der Waals surface area contributed by atoms with Crippen LogP contribution in [0.15, 0.2) is 54.6 Å². The first-order chi connectivity index (χ1) is 13.5. The van der Waals surface area contributed by atoms with Crippen molar-refractivity contribution in [3.63, 3.8) is 0 Å². The Morgan fingerprint density at radius 2 is 1.93 bits per heavy atom. The topological polar surface area (TPSA) is 87.3 Å². The van der Waals surface area contributed by atoms with Gasteiger partial charge in [-0.3, -0.25) is 19.7 Å². The minimum absolute atomic E-state index is 0.0556. The van der Waals surface area contributed by atoms with E-state index in [9.17, 15) is 14.4 Å². The molecular weight excluding hydrogens is 374 g/mol. The first kappa shape index (κ1) is 20.1. The molecule has 0 bridgehead atoms. The lowest BCUT2D eigenvalue weighted by Gasteiger charge is -2.31. The zero-order valence-electron chi connectivity index (χ0n) is 15.6. The van der Waals surface area contributed by atoms with Crippen LogP contribution in [0.1, 0.15) is 35.7 Å². The number of carbonyl (C=O) groups is 3. The number of carbonyl (C=O) groups excluding carboxylic acids is 3. The molecule has 1 saturated heterocycles. The average molecular weight is 398 g/mol. The Morgan fingerprint density at radius 3 is 2.68 bits per heavy atom. The third-order valence-corrected chi connectivity index (χ3v) is 5.44. The van der Waals surface area contributed by atoms with Gasteiger partial charge < -0.3 is 10.6 Å². The number of rotatable bonds is 7. The molecule has 0 aromatic heterocycles. The molecular formula is C21H23N3O3S. The molecule has 7 heteroatoms. The summed E-state index contributed by atoms with van der Waals surface area (Å²) in [6.45, 7) is 1.48. The first-order valence-electron chi connectivity index (χ1n) is 9.11. The van der Waals surface area contributed by atoms with Gasteiger partial charge in [-0.2, -0.15) is 0 Å². The van der Waals surface area contributed by atoms with Crippen LogP contribution in [-0.4, -0.2) is 29.1 Å². The van der Waals surface area contributed by atoms with Crippen molar-refractivity contribution >= 4 is 35.0 Å². The molecule has 0 radical (unpaired) electrons. The highest BCUT2D eigenvalue weighted by atomic mass is 32.2. The lowest BCUT2D eigenvalue weighted by molar-refractivity contribution is -0.124. The van der Waals surface area contributed by atoms with Crippen molar-refractivity contribution in [2.75, 3.05) is 5.32 Å². The summed E-state index contributed by atoms with van der Waals surface area (Å²) in [5.41, 5.74) is 2.06. The molecule has 2 aromatic rings. The van der Waals surface area contributed by atoms with Crippen molar-refractivity contribution in [3.05, 3.63) is 65.7 Å². The zero-order chi connectivity index (χ0) is 19.9. The van der Waals surface area contributed by atoms with Gasteiger partial charge in [-0.25, -0.2) is 0 Å². The van der Waals surface area contributed by atoms with E-state index in [0.29, 0.717) is 11.3 Å². The SMILES string of the molecule is CC(=O)c1cccc(NC(=O)CC2CC(=O)NC(SCc3ccccc3)N2)c1. The third kappa shape index (κ3) is 5.94. The number of anilines is 1. The molecule has 1 aliphatic rings. The highest BCUT2D eigenvalue weighted by molar-refractivity contribution is 7.99. The summed E-state index contributed by atoms with van der Waals surface area (Å²) in [5, 5.41) is 9.02. The van der Waals surface area contributed by atoms with Crippen molar-refractivity contribution in [3.8, 4) is 0 Å². The second-order valence-electron chi connectivity index (χ2n) is 6.70. The minimum atomic E-state index is -0.238. The number of Topliss-reactive ketones (excluding diaryl/α,β-unsaturated/α-hetero) is 1. The molecule has 6 nitrogen and oxygen atoms in total. The van der Waals surface area contributed by atoms with Gasteiger partial charge in [0.1, 0.15) is 5.50 Å². The lowest BCUT2D eigenvalue weighted by atomic mass is 10.1. The largest absolute Gasteiger partial charge is 0.332 e. The molecule has 0 spiro atoms. The van der Waals surface area contributed by atoms with Crippen LogP contribution in [0.25, 0.3) is 0 Å². The van der Waals surface area contributed by atoms with Gasteiger partial charge in [0.25, 0.3) is 0 Å². The van der Waals surface area contributed by atoms with Crippen LogP contribution >= 0.6 is 11.8 Å². The predicted molar refractivity (Wildman–Crippen MR) is 111 cm³/mol. The maximum absolute atomic E-state index is 12.4. The Morgan fingerprint density at radius 1 is 1.14 bits per heavy atom. The van der Waals surface area contributed by atoms with Gasteiger partial charge in [0.2, 0.25) is 11.8 Å². The zero-order valence-corrected chi connectivity index (χ0v) is 16.4. The van der Waals surface area contributed by atoms with E-state index in [1.165, 1.54) is 12.5 Å². The average Bonchev–Trinajstić information content (AvgIpc) is 2.67. The Balaban J connectivity index is 1.52. The van der Waals surface area contributed by atoms with Crippen LogP contribution in [0.3, 0.4) is 0 Å². The summed E-state index contributed by atoms with van der Waals surface area (Å²) in [7, 11) is 0. The molecule has 3 N–H and O–H groups in total. The molecule has 0 aliphatic carbocycles. The Kier molecular flexibility index (Phi) is 6.84. The third-order valence-electron chi connectivity index (χ3n) is 4.36. The molecule has 2 amide bonds. The molecule has 1 aliphatic heterocycles. The monoisotopic (exact) mass is 397 g/mol. The van der Waals surface area contributed by atoms with Crippen molar-refractivity contribution in [2.45, 2.75) is 37.1 Å². The van der Waals surface area contributed by atoms with Gasteiger partial charge in [-0.05, 0) is 24.6 Å². The van der Waals surface area contributed by atoms with Gasteiger partial charge in [-0.1, -0.05) is 42.5 Å². The normalized spacial score (nSPS) is 19.0. The fourth-order valence-electron chi connectivity index (χ4n) is 2.97. The van der Waals surface area contributed by atoms with Crippen LogP contribution in [0, 0.1) is 0 Å². The van der Waals surface area contributed by atoms with E-state index in [2.05, 4.69) is 16.0 Å². The van der Waals surface area contributed by atoms with E-state index >= 15 is 0 Å². The standard InChI is InChI=1S/C21H23N3O3S/c1-14(25)16-8-5-9-17(10-16)22-19(26)11-18-12-20(27)24-21(23-18)28-13-15-6-3-2-4-7-15/h2-10,18,21,23H,11-13H2,1H3,(H,22,26)(H,24,27). The molecule has 2 aromatic carbocycles. The lowest BCUT2D eigenvalue weighted by Crippen LogP contribution is -2.55. The first-order valence-corrected chi connectivity index (χ1v) is 10.2. The van der Waals surface area contributed by atoms with Gasteiger partial charge in [0, 0.05) is 35.9 Å². The van der Waals surface area contributed by atoms with Crippen molar-refractivity contribution in [2.24, 2.45) is 0 Å². The molecule has 146 valence electrons. The maximum Gasteiger partial charge on any atom is 0.225 e. The second-order valence-corrected chi connectivity index (χ2v) is 7.79. The van der Waals surface area contributed by atoms with E-state index in [4.69, 9.17) is 0 Å². The molecule has 28 heavy (non-hydrogen) atoms. The van der Waals surface area contributed by atoms with Crippen LogP contribution in [-0.2, 0) is 15.3 Å². The number of hydrogen-bond acceptors (Lipinski definition) is 5. The summed E-state index contributed by atoms with van der Waals surface area (Å²) in [6.07, 6.45) is 0.434. The van der Waals surface area contributed by atoms with E-state index in [1.807, 2.05) is 30.3 Å². The minimum Gasteiger partial charge on any atom is -0.332 e. The molecule has 3 rings (SSSR count). The van der Waals surface area contributed by atoms with Gasteiger partial charge in [-0.15, -0.1) is 11.8 Å². The number of ketones is 1. The molecule has 1 fully saturated rings. The second kappa shape index (κ2) is 9.52.